The number of pyridine rings is 4. The standard InChI is InChI=1S/C29H31ClN8O2.C18H16ClN5O4S.C18H16ClN5O2S.C16H16ClN5O2S.C12H19N3.C8H18O3.CH4/c1-5-36-10-12-37(13-11-36)21-8-6-20(7-9-21)32-29-31-17-19-14-24(28-35-34-18(2)38(28)27(19)33-29)23-15-22(39-3)16-25(40-4)26(23)30;1-9-22-23-17-13(12-6-11(27-2)7-14(28-3)15(12)19)5-10-8-20-18(29(4,25)26)21-16(10)24(9)17;1-9-22-23-17-13(12-6-11(25-2)7-14(26-3)15(12)19)5-10-8-20-18(27-4)21-16(10)24(9)17;1-23-9-5-10(13(17)12(6-9)24-2)11-4-8-7-19-16(25-3)21-14(8)20-15(11)22-18;1-2-14-7-9-15(10-8-14)12-5-3-11(13)4-6-12;1-5-9-8(4,10-6-2)11-7-3;/h6-9,14-17H,5,10-13H2,1-4H3,(H,31,32,33);5-8H,1-4H3;5-8H,1-4H3;4-7H,18H2,1-3H3,(H,19,20,21,22);3-6H,2,7-10,13H2,1H3;5-7H2,1-4H3;1H4. The third-order valence-corrected chi connectivity index (χ3v) is 27.6. The molecule has 6 N–H and O–H groups in total. The number of anilines is 6. The van der Waals surface area contributed by atoms with Crippen LogP contribution in [0.15, 0.2) is 162 Å². The molecule has 0 atom stereocenters. The molecule has 148 heavy (non-hydrogen) atoms. The van der Waals surface area contributed by atoms with Gasteiger partial charge in [0.05, 0.1) is 77.0 Å². The largest absolute Gasteiger partial charge is 0.497 e. The second-order valence-electron chi connectivity index (χ2n) is 33.0. The molecule has 19 rings (SSSR count). The Morgan fingerprint density at radius 1 is 0.405 bits per heavy atom. The number of nitrogens with zero attached hydrogens (tertiary/aromatic N) is 22. The van der Waals surface area contributed by atoms with E-state index in [-0.39, 0.29) is 12.6 Å². The lowest BCUT2D eigenvalue weighted by atomic mass is 10.0. The van der Waals surface area contributed by atoms with Gasteiger partial charge in [-0.2, -0.15) is 9.97 Å². The Hall–Kier alpha value is -13.3. The van der Waals surface area contributed by atoms with E-state index in [1.54, 1.807) is 129 Å². The fourth-order valence-electron chi connectivity index (χ4n) is 16.5. The minimum Gasteiger partial charge on any atom is -0.497 e. The number of hydrazine groups is 1. The molecular formula is C102H120Cl4N26O13S3. The van der Waals surface area contributed by atoms with E-state index in [4.69, 9.17) is 115 Å². The summed E-state index contributed by atoms with van der Waals surface area (Å²) in [6.07, 6.45) is 11.7. The maximum Gasteiger partial charge on any atom is 0.279 e. The number of sulfone groups is 1. The first-order valence-corrected chi connectivity index (χ1v) is 52.5. The van der Waals surface area contributed by atoms with Crippen molar-refractivity contribution in [3.05, 3.63) is 184 Å². The number of aromatic nitrogens is 18. The Labute approximate surface area is 886 Å². The third-order valence-electron chi connectivity index (χ3n) is 24.1. The first-order valence-electron chi connectivity index (χ1n) is 46.6. The highest BCUT2D eigenvalue weighted by molar-refractivity contribution is 7.98. The predicted molar refractivity (Wildman–Crippen MR) is 588 cm³/mol. The molecule has 2 fully saturated rings. The molecule has 0 saturated carbocycles. The average molecular weight is 2160 g/mol. The number of rotatable bonds is 28. The minimum atomic E-state index is -3.58. The van der Waals surface area contributed by atoms with Gasteiger partial charge in [-0.05, 0) is 164 Å². The summed E-state index contributed by atoms with van der Waals surface area (Å²) in [6.45, 7) is 30.4. The van der Waals surface area contributed by atoms with Crippen LogP contribution >= 0.6 is 69.9 Å². The molecule has 0 spiro atoms. The van der Waals surface area contributed by atoms with Gasteiger partial charge in [-0.15, -0.1) is 30.6 Å². The lowest BCUT2D eigenvalue weighted by molar-refractivity contribution is -0.365. The van der Waals surface area contributed by atoms with Gasteiger partial charge < -0.3 is 88.2 Å². The number of nitrogens with two attached hydrogens (primary N) is 2. The van der Waals surface area contributed by atoms with Crippen LogP contribution in [0.1, 0.15) is 66.4 Å². The predicted octanol–water partition coefficient (Wildman–Crippen LogP) is 19.2. The van der Waals surface area contributed by atoms with E-state index in [1.807, 2.05) is 98.4 Å². The Balaban J connectivity index is 0.000000154. The quantitative estimate of drug-likeness (QED) is 0.00883. The number of thioether (sulfide) groups is 2. The molecule has 0 aliphatic carbocycles. The van der Waals surface area contributed by atoms with Gasteiger partial charge in [0, 0.05) is 223 Å². The second kappa shape index (κ2) is 50.6. The van der Waals surface area contributed by atoms with E-state index >= 15 is 0 Å². The van der Waals surface area contributed by atoms with Crippen LogP contribution in [0.25, 0.3) is 106 Å². The van der Waals surface area contributed by atoms with Crippen LogP contribution in [0.3, 0.4) is 0 Å². The Kier molecular flexibility index (Phi) is 38.2. The molecule has 2 aliphatic rings. The Bertz CT molecular complexity index is 7650. The van der Waals surface area contributed by atoms with Gasteiger partial charge in [0.25, 0.3) is 5.97 Å². The van der Waals surface area contributed by atoms with Crippen LogP contribution < -0.4 is 70.0 Å². The zero-order chi connectivity index (χ0) is 105. The number of ether oxygens (including phenoxy) is 11. The number of likely N-dealkylation sites (N-methyl/N-ethyl adjacent to an activating group) is 2. The van der Waals surface area contributed by atoms with Gasteiger partial charge in [-0.25, -0.2) is 49.1 Å². The SMILES string of the molecule is C.CCN1CCN(c2ccc(N)cc2)CC1.CCN1CCN(c2ccc(Nc3ncc4cc(-c5cc(OC)cc(OC)c5Cl)c5nnc(C)n5c4n3)cc2)CC1.CCOC(C)(OCC)OCC.COc1cc(OC)c(Cl)c(-c2cc3cnc(S(C)(=O)=O)nc3n3c(C)nnc23)c1.COc1cc(OC)c(Cl)c(-c2cc3cnc(SC)nc3n3c(C)nnc23)c1.COc1cc(OC)c(Cl)c(-c2cc3cnc(SC)nc3nc2NN)c1. The van der Waals surface area contributed by atoms with E-state index < -0.39 is 15.8 Å². The summed E-state index contributed by atoms with van der Waals surface area (Å²) in [5, 5.41) is 35.0. The van der Waals surface area contributed by atoms with Crippen LogP contribution in [-0.4, -0.2) is 274 Å². The van der Waals surface area contributed by atoms with Crippen LogP contribution in [-0.2, 0) is 24.0 Å². The molecule has 2 saturated heterocycles. The Morgan fingerprint density at radius 2 is 0.750 bits per heavy atom. The monoisotopic (exact) mass is 2150 g/mol. The van der Waals surface area contributed by atoms with Gasteiger partial charge >= 0.3 is 0 Å². The van der Waals surface area contributed by atoms with Gasteiger partial charge in [0.15, 0.2) is 49.8 Å². The van der Waals surface area contributed by atoms with Crippen molar-refractivity contribution in [3.63, 3.8) is 0 Å². The summed E-state index contributed by atoms with van der Waals surface area (Å²) in [5.41, 5.74) is 22.3. The smallest absolute Gasteiger partial charge is 0.279 e. The molecule has 13 heterocycles. The van der Waals surface area contributed by atoms with Crippen molar-refractivity contribution in [1.82, 2.24) is 98.4 Å². The molecule has 0 unspecified atom stereocenters. The fraction of sp³-hybridized carbons (Fsp3) is 0.343. The maximum atomic E-state index is 11.9. The van der Waals surface area contributed by atoms with Crippen molar-refractivity contribution in [3.8, 4) is 90.5 Å². The summed E-state index contributed by atoms with van der Waals surface area (Å²) in [4.78, 5) is 49.7. The summed E-state index contributed by atoms with van der Waals surface area (Å²) < 4.78 is 88.2. The number of benzene rings is 6. The summed E-state index contributed by atoms with van der Waals surface area (Å²) in [7, 11) is 8.95. The van der Waals surface area contributed by atoms with Gasteiger partial charge in [-0.1, -0.05) is 91.2 Å². The van der Waals surface area contributed by atoms with Gasteiger partial charge in [0.2, 0.25) is 20.9 Å². The normalized spacial score (nSPS) is 12.8. The molecule has 6 aromatic carbocycles. The van der Waals surface area contributed by atoms with Crippen molar-refractivity contribution in [2.75, 3.05) is 187 Å². The molecule has 39 nitrogen and oxygen atoms in total. The second-order valence-corrected chi connectivity index (χ2v) is 38.0. The maximum absolute atomic E-state index is 11.9. The van der Waals surface area contributed by atoms with Crippen molar-refractivity contribution in [2.45, 2.75) is 91.2 Å². The zero-order valence-corrected chi connectivity index (χ0v) is 90.6. The molecule has 0 bridgehead atoms. The van der Waals surface area contributed by atoms with E-state index in [9.17, 15) is 8.42 Å². The number of hydrogen-bond donors (Lipinski definition) is 4. The number of fused-ring (bicyclic) bond motifs is 10. The third kappa shape index (κ3) is 25.3. The molecule has 11 aromatic heterocycles. The highest BCUT2D eigenvalue weighted by atomic mass is 35.5. The highest BCUT2D eigenvalue weighted by Crippen LogP contribution is 2.47. The van der Waals surface area contributed by atoms with Crippen molar-refractivity contribution < 1.29 is 60.5 Å². The van der Waals surface area contributed by atoms with Crippen molar-refractivity contribution in [1.29, 1.82) is 0 Å². The molecule has 17 aromatic rings. The number of aryl methyl sites for hydroxylation is 3. The lowest BCUT2D eigenvalue weighted by Crippen LogP contribution is -2.46. The van der Waals surface area contributed by atoms with Crippen LogP contribution in [0.4, 0.5) is 34.5 Å². The fourth-order valence-corrected chi connectivity index (χ4v) is 18.9. The summed E-state index contributed by atoms with van der Waals surface area (Å²) >= 11 is 29.3. The summed E-state index contributed by atoms with van der Waals surface area (Å²) in [5.74, 6) is 12.1. The van der Waals surface area contributed by atoms with E-state index in [2.05, 4.69) is 151 Å². The number of nitrogen functional groups attached to an aromatic ring is 2. The number of methoxy groups -OCH3 is 8. The number of hydrogen-bond acceptors (Lipinski definition) is 38. The highest BCUT2D eigenvalue weighted by Gasteiger charge is 2.29. The average Bonchev–Trinajstić information content (AvgIpc) is 1.56. The van der Waals surface area contributed by atoms with E-state index in [0.29, 0.717) is 181 Å². The Morgan fingerprint density at radius 3 is 1.11 bits per heavy atom. The van der Waals surface area contributed by atoms with E-state index in [0.717, 1.165) is 120 Å². The minimum absolute atomic E-state index is 0. The van der Waals surface area contributed by atoms with E-state index in [1.165, 1.54) is 61.3 Å². The molecule has 0 amide bonds. The molecular weight excluding hydrogens is 2040 g/mol. The van der Waals surface area contributed by atoms with Gasteiger partial charge in [0.1, 0.15) is 69.3 Å². The molecule has 782 valence electrons. The number of piperazine rings is 2. The molecule has 46 heteroatoms. The van der Waals surface area contributed by atoms with Crippen LogP contribution in [0.2, 0.25) is 20.1 Å². The topological polar surface area (TPSA) is 431 Å². The van der Waals surface area contributed by atoms with Crippen LogP contribution in [0.5, 0.6) is 46.0 Å². The van der Waals surface area contributed by atoms with Crippen molar-refractivity contribution in [2.24, 2.45) is 5.84 Å². The molecule has 2 aliphatic heterocycles. The van der Waals surface area contributed by atoms with Crippen molar-refractivity contribution >= 4 is 175 Å². The van der Waals surface area contributed by atoms with Gasteiger partial charge in [-0.3, -0.25) is 13.2 Å². The first kappa shape index (κ1) is 112. The zero-order valence-electron chi connectivity index (χ0n) is 85.1. The summed E-state index contributed by atoms with van der Waals surface area (Å²) in [6, 6.07) is 38.3. The lowest BCUT2D eigenvalue weighted by Gasteiger charge is -2.35. The van der Waals surface area contributed by atoms with Crippen LogP contribution in [0, 0.1) is 20.8 Å². The molecule has 0 radical (unpaired) electrons. The first-order chi connectivity index (χ1) is 70.9. The number of halogens is 4. The number of nitrogens with one attached hydrogen (secondary N) is 2.